The van der Waals surface area contributed by atoms with Gasteiger partial charge in [-0.05, 0) is 134 Å². The zero-order valence-corrected chi connectivity index (χ0v) is 39.7. The molecule has 2 aromatic heterocycles. The van der Waals surface area contributed by atoms with Crippen LogP contribution in [0.25, 0.3) is 109 Å². The summed E-state index contributed by atoms with van der Waals surface area (Å²) in [4.78, 5) is 4.89. The quantitative estimate of drug-likeness (QED) is 0.149. The van der Waals surface area contributed by atoms with E-state index in [-0.39, 0.29) is 0 Å². The molecule has 4 heteroatoms. The van der Waals surface area contributed by atoms with E-state index in [1.807, 2.05) is 6.07 Å². The molecule has 0 unspecified atom stereocenters. The number of furan rings is 2. The van der Waals surface area contributed by atoms with Crippen LogP contribution in [0.2, 0.25) is 0 Å². The second-order valence-electron chi connectivity index (χ2n) is 19.3. The molecule has 2 heterocycles. The molecule has 338 valence electrons. The number of hydrogen-bond acceptors (Lipinski definition) is 4. The summed E-state index contributed by atoms with van der Waals surface area (Å²) in [5.74, 6) is 0. The SMILES string of the molecule is Cc1cc(N(c2ccc3ccc4c(N(c5cc(C)c6ccccc6c5)c5cccc6c5oc5ccccc56)cc(-c5ccccc5)c5ccc2c3c54)c2cccc3c2oc2ccccc23)cc2ccccc12. The van der Waals surface area contributed by atoms with Gasteiger partial charge in [-0.3, -0.25) is 0 Å². The molecular weight excluding hydrogens is 877 g/mol. The third-order valence-corrected chi connectivity index (χ3v) is 15.2. The molecule has 0 fully saturated rings. The molecular formula is C68H44N2O2. The average Bonchev–Trinajstić information content (AvgIpc) is 4.01. The molecule has 72 heavy (non-hydrogen) atoms. The van der Waals surface area contributed by atoms with Crippen molar-refractivity contribution in [1.29, 1.82) is 0 Å². The molecule has 0 aliphatic heterocycles. The number of nitrogens with zero attached hydrogens (tertiary/aromatic N) is 2. The van der Waals surface area contributed by atoms with Crippen LogP contribution in [0.3, 0.4) is 0 Å². The molecule has 0 bridgehead atoms. The van der Waals surface area contributed by atoms with E-state index in [9.17, 15) is 0 Å². The predicted molar refractivity (Wildman–Crippen MR) is 304 cm³/mol. The summed E-state index contributed by atoms with van der Waals surface area (Å²) < 4.78 is 13.8. The van der Waals surface area contributed by atoms with Gasteiger partial charge in [0.1, 0.15) is 11.2 Å². The van der Waals surface area contributed by atoms with E-state index in [0.29, 0.717) is 0 Å². The fraction of sp³-hybridized carbons (Fsp3) is 0.0294. The van der Waals surface area contributed by atoms with Crippen LogP contribution in [0, 0.1) is 13.8 Å². The minimum atomic E-state index is 0.847. The monoisotopic (exact) mass is 920 g/mol. The molecule has 15 rings (SSSR count). The highest BCUT2D eigenvalue weighted by Gasteiger charge is 2.28. The molecule has 0 aliphatic carbocycles. The number of benzene rings is 13. The summed E-state index contributed by atoms with van der Waals surface area (Å²) in [6, 6.07) is 83.9. The molecule has 0 saturated heterocycles. The van der Waals surface area contributed by atoms with Crippen LogP contribution >= 0.6 is 0 Å². The fourth-order valence-electron chi connectivity index (χ4n) is 12.0. The highest BCUT2D eigenvalue weighted by Crippen LogP contribution is 2.53. The van der Waals surface area contributed by atoms with Crippen molar-refractivity contribution in [3.8, 4) is 11.1 Å². The lowest BCUT2D eigenvalue weighted by atomic mass is 9.87. The van der Waals surface area contributed by atoms with Gasteiger partial charge < -0.3 is 18.6 Å². The Bertz CT molecular complexity index is 4680. The first-order valence-electron chi connectivity index (χ1n) is 24.7. The lowest BCUT2D eigenvalue weighted by molar-refractivity contribution is 0.669. The van der Waals surface area contributed by atoms with Crippen LogP contribution < -0.4 is 9.80 Å². The summed E-state index contributed by atoms with van der Waals surface area (Å²) in [6.07, 6.45) is 0. The number of hydrogen-bond donors (Lipinski definition) is 0. The van der Waals surface area contributed by atoms with Gasteiger partial charge in [-0.25, -0.2) is 0 Å². The van der Waals surface area contributed by atoms with Crippen molar-refractivity contribution in [3.63, 3.8) is 0 Å². The van der Waals surface area contributed by atoms with Gasteiger partial charge in [-0.1, -0.05) is 170 Å². The molecule has 0 spiro atoms. The number of rotatable bonds is 7. The second-order valence-corrected chi connectivity index (χ2v) is 19.3. The number of para-hydroxylation sites is 4. The molecule has 13 aromatic carbocycles. The van der Waals surface area contributed by atoms with Gasteiger partial charge in [0.2, 0.25) is 0 Å². The van der Waals surface area contributed by atoms with Gasteiger partial charge in [0, 0.05) is 49.1 Å². The normalized spacial score (nSPS) is 12.0. The first kappa shape index (κ1) is 40.5. The molecule has 0 amide bonds. The largest absolute Gasteiger partial charge is 0.454 e. The number of aryl methyl sites for hydroxylation is 2. The van der Waals surface area contributed by atoms with Crippen molar-refractivity contribution in [2.24, 2.45) is 0 Å². The predicted octanol–water partition coefficient (Wildman–Crippen LogP) is 19.9. The topological polar surface area (TPSA) is 32.8 Å². The average molecular weight is 921 g/mol. The van der Waals surface area contributed by atoms with E-state index < -0.39 is 0 Å². The minimum Gasteiger partial charge on any atom is -0.454 e. The number of fused-ring (bicyclic) bond motifs is 8. The van der Waals surface area contributed by atoms with Gasteiger partial charge in [0.15, 0.2) is 11.2 Å². The van der Waals surface area contributed by atoms with Gasteiger partial charge in [0.25, 0.3) is 0 Å². The Balaban J connectivity index is 1.07. The maximum atomic E-state index is 6.92. The second kappa shape index (κ2) is 15.6. The Morgan fingerprint density at radius 3 is 1.38 bits per heavy atom. The van der Waals surface area contributed by atoms with E-state index in [1.165, 1.54) is 54.2 Å². The molecule has 0 saturated carbocycles. The van der Waals surface area contributed by atoms with E-state index in [4.69, 9.17) is 8.83 Å². The van der Waals surface area contributed by atoms with Gasteiger partial charge in [-0.15, -0.1) is 0 Å². The lowest BCUT2D eigenvalue weighted by Gasteiger charge is -2.30. The highest BCUT2D eigenvalue weighted by molar-refractivity contribution is 6.31. The van der Waals surface area contributed by atoms with Crippen molar-refractivity contribution in [1.82, 2.24) is 0 Å². The molecule has 0 atom stereocenters. The van der Waals surface area contributed by atoms with Gasteiger partial charge in [0.05, 0.1) is 22.7 Å². The standard InChI is InChI=1S/C68H44N2O2/c1-41-36-47(38-45-18-6-8-20-49(41)45)69(60-26-14-24-54-51-22-10-12-28-63(51)71-67(54)60)59-35-31-44-30-32-57-62(40-58(43-16-4-3-5-17-43)53-33-34-56(59)65(44)66(53)57)70(48-37-42(2)50-21-9-7-19-46(50)39-48)61-27-15-25-55-52-23-11-13-29-64(52)72-68(55)61/h3-40H,1-2H3. The van der Waals surface area contributed by atoms with Crippen molar-refractivity contribution < 1.29 is 8.83 Å². The summed E-state index contributed by atoms with van der Waals surface area (Å²) >= 11 is 0. The Kier molecular flexibility index (Phi) is 8.75. The van der Waals surface area contributed by atoms with Crippen LogP contribution in [-0.2, 0) is 0 Å². The number of anilines is 6. The van der Waals surface area contributed by atoms with Crippen molar-refractivity contribution in [3.05, 3.63) is 242 Å². The van der Waals surface area contributed by atoms with Crippen LogP contribution in [-0.4, -0.2) is 0 Å². The van der Waals surface area contributed by atoms with Crippen LogP contribution in [0.15, 0.2) is 239 Å². The van der Waals surface area contributed by atoms with E-state index in [2.05, 4.69) is 248 Å². The van der Waals surface area contributed by atoms with Crippen LogP contribution in [0.4, 0.5) is 34.1 Å². The summed E-state index contributed by atoms with van der Waals surface area (Å²) in [5, 5.41) is 16.3. The maximum Gasteiger partial charge on any atom is 0.159 e. The first-order valence-corrected chi connectivity index (χ1v) is 24.7. The van der Waals surface area contributed by atoms with E-state index in [1.54, 1.807) is 0 Å². The molecule has 0 aliphatic rings. The summed E-state index contributed by atoms with van der Waals surface area (Å²) in [5.41, 5.74) is 14.4. The molecule has 4 nitrogen and oxygen atoms in total. The molecule has 15 aromatic rings. The zero-order chi connectivity index (χ0) is 47.6. The molecule has 0 N–H and O–H groups in total. The fourth-order valence-corrected chi connectivity index (χ4v) is 12.0. The van der Waals surface area contributed by atoms with Gasteiger partial charge in [-0.2, -0.15) is 0 Å². The maximum absolute atomic E-state index is 6.92. The minimum absolute atomic E-state index is 0.847. The van der Waals surface area contributed by atoms with Crippen molar-refractivity contribution in [2.45, 2.75) is 13.8 Å². The van der Waals surface area contributed by atoms with Crippen LogP contribution in [0.5, 0.6) is 0 Å². The zero-order valence-electron chi connectivity index (χ0n) is 39.7. The Morgan fingerprint density at radius 1 is 0.292 bits per heavy atom. The Hall–Kier alpha value is -9.38. The smallest absolute Gasteiger partial charge is 0.159 e. The summed E-state index contributed by atoms with van der Waals surface area (Å²) in [6.45, 7) is 4.44. The highest BCUT2D eigenvalue weighted by atomic mass is 16.3. The van der Waals surface area contributed by atoms with E-state index >= 15 is 0 Å². The Morgan fingerprint density at radius 2 is 0.764 bits per heavy atom. The third-order valence-electron chi connectivity index (χ3n) is 15.2. The van der Waals surface area contributed by atoms with Crippen molar-refractivity contribution >= 4 is 132 Å². The van der Waals surface area contributed by atoms with Gasteiger partial charge >= 0.3 is 0 Å². The van der Waals surface area contributed by atoms with Crippen molar-refractivity contribution in [2.75, 3.05) is 9.80 Å². The summed E-state index contributed by atoms with van der Waals surface area (Å²) in [7, 11) is 0. The van der Waals surface area contributed by atoms with Crippen LogP contribution in [0.1, 0.15) is 11.1 Å². The van der Waals surface area contributed by atoms with E-state index in [0.717, 1.165) is 99.9 Å². The first-order chi connectivity index (χ1) is 35.5. The Labute approximate surface area is 415 Å². The molecule has 0 radical (unpaired) electrons. The third kappa shape index (κ3) is 5.99. The lowest BCUT2D eigenvalue weighted by Crippen LogP contribution is -2.12.